The van der Waals surface area contributed by atoms with Crippen molar-refractivity contribution in [2.45, 2.75) is 20.3 Å². The van der Waals surface area contributed by atoms with E-state index in [1.807, 2.05) is 38.1 Å². The average Bonchev–Trinajstić information content (AvgIpc) is 2.43. The summed E-state index contributed by atoms with van der Waals surface area (Å²) in [5.41, 5.74) is 1.03. The predicted octanol–water partition coefficient (Wildman–Crippen LogP) is 2.13. The molecule has 20 heavy (non-hydrogen) atoms. The lowest BCUT2D eigenvalue weighted by Crippen LogP contribution is -2.17. The van der Waals surface area contributed by atoms with Gasteiger partial charge in [-0.1, -0.05) is 19.1 Å². The number of nitrogens with one attached hydrogen (secondary N) is 2. The minimum atomic E-state index is -0.140. The first kappa shape index (κ1) is 14.1. The van der Waals surface area contributed by atoms with Gasteiger partial charge in [0.2, 0.25) is 0 Å². The zero-order valence-electron chi connectivity index (χ0n) is 11.8. The van der Waals surface area contributed by atoms with Crippen molar-refractivity contribution in [1.82, 2.24) is 9.97 Å². The number of aromatic amines is 1. The van der Waals surface area contributed by atoms with Crippen LogP contribution in [0.1, 0.15) is 18.3 Å². The summed E-state index contributed by atoms with van der Waals surface area (Å²) in [6, 6.07) is 9.35. The Morgan fingerprint density at radius 3 is 2.95 bits per heavy atom. The van der Waals surface area contributed by atoms with Gasteiger partial charge in [0.05, 0.1) is 6.54 Å². The maximum Gasteiger partial charge on any atom is 0.252 e. The lowest BCUT2D eigenvalue weighted by molar-refractivity contribution is 0.332. The van der Waals surface area contributed by atoms with Gasteiger partial charge in [0.1, 0.15) is 24.0 Å². The molecule has 0 amide bonds. The lowest BCUT2D eigenvalue weighted by Gasteiger charge is -2.09. The maximum atomic E-state index is 11.4. The minimum Gasteiger partial charge on any atom is -0.492 e. The van der Waals surface area contributed by atoms with Crippen molar-refractivity contribution in [2.24, 2.45) is 0 Å². The Hall–Kier alpha value is -2.30. The largest absolute Gasteiger partial charge is 0.492 e. The van der Waals surface area contributed by atoms with Crippen molar-refractivity contribution in [3.63, 3.8) is 0 Å². The molecule has 2 N–H and O–H groups in total. The molecule has 0 saturated heterocycles. The summed E-state index contributed by atoms with van der Waals surface area (Å²) >= 11 is 0. The monoisotopic (exact) mass is 273 g/mol. The van der Waals surface area contributed by atoms with E-state index in [0.29, 0.717) is 31.2 Å². The normalized spacial score (nSPS) is 10.3. The first-order valence-electron chi connectivity index (χ1n) is 6.71. The van der Waals surface area contributed by atoms with Crippen LogP contribution in [0.2, 0.25) is 0 Å². The van der Waals surface area contributed by atoms with E-state index in [1.54, 1.807) is 0 Å². The zero-order chi connectivity index (χ0) is 14.4. The number of benzene rings is 1. The summed E-state index contributed by atoms with van der Waals surface area (Å²) in [4.78, 5) is 18.4. The van der Waals surface area contributed by atoms with Crippen LogP contribution in [-0.2, 0) is 6.42 Å². The molecule has 2 rings (SSSR count). The lowest BCUT2D eigenvalue weighted by atomic mass is 10.2. The van der Waals surface area contributed by atoms with E-state index >= 15 is 0 Å². The first-order chi connectivity index (χ1) is 9.67. The Bertz CT molecular complexity index is 623. The van der Waals surface area contributed by atoms with Gasteiger partial charge in [-0.25, -0.2) is 4.98 Å². The van der Waals surface area contributed by atoms with E-state index in [4.69, 9.17) is 4.74 Å². The molecule has 5 heteroatoms. The second kappa shape index (κ2) is 6.75. The van der Waals surface area contributed by atoms with Crippen LogP contribution in [-0.4, -0.2) is 23.1 Å². The summed E-state index contributed by atoms with van der Waals surface area (Å²) in [7, 11) is 0. The maximum absolute atomic E-state index is 11.4. The molecule has 0 fully saturated rings. The van der Waals surface area contributed by atoms with Crippen LogP contribution in [0.5, 0.6) is 5.75 Å². The fraction of sp³-hybridized carbons (Fsp3) is 0.333. The quantitative estimate of drug-likeness (QED) is 0.791. The summed E-state index contributed by atoms with van der Waals surface area (Å²) in [6.07, 6.45) is 0.699. The summed E-state index contributed by atoms with van der Waals surface area (Å²) in [5, 5.41) is 3.09. The number of rotatable bonds is 6. The van der Waals surface area contributed by atoms with Crippen LogP contribution in [0.25, 0.3) is 0 Å². The van der Waals surface area contributed by atoms with E-state index in [2.05, 4.69) is 15.3 Å². The standard InChI is InChI=1S/C15H19N3O2/c1-3-13-17-14(10-15(19)18-13)16-7-8-20-12-6-4-5-11(2)9-12/h4-6,9-10H,3,7-8H2,1-2H3,(H2,16,17,18,19). The SMILES string of the molecule is CCc1nc(NCCOc2cccc(C)c2)cc(=O)[nH]1. The summed E-state index contributed by atoms with van der Waals surface area (Å²) in [5.74, 6) is 2.11. The highest BCUT2D eigenvalue weighted by molar-refractivity contribution is 5.33. The van der Waals surface area contributed by atoms with Crippen LogP contribution >= 0.6 is 0 Å². The van der Waals surface area contributed by atoms with E-state index in [1.165, 1.54) is 11.6 Å². The highest BCUT2D eigenvalue weighted by Gasteiger charge is 1.99. The second-order valence-corrected chi connectivity index (χ2v) is 4.52. The average molecular weight is 273 g/mol. The van der Waals surface area contributed by atoms with Gasteiger partial charge in [0.25, 0.3) is 5.56 Å². The van der Waals surface area contributed by atoms with Gasteiger partial charge in [-0.05, 0) is 24.6 Å². The van der Waals surface area contributed by atoms with Crippen molar-refractivity contribution >= 4 is 5.82 Å². The van der Waals surface area contributed by atoms with Crippen LogP contribution in [0, 0.1) is 6.92 Å². The van der Waals surface area contributed by atoms with Gasteiger partial charge in [0.15, 0.2) is 0 Å². The fourth-order valence-electron chi connectivity index (χ4n) is 1.82. The van der Waals surface area contributed by atoms with Crippen LogP contribution in [0.3, 0.4) is 0 Å². The Balaban J connectivity index is 1.84. The molecular weight excluding hydrogens is 254 g/mol. The Labute approximate surface area is 118 Å². The van der Waals surface area contributed by atoms with Crippen LogP contribution in [0.15, 0.2) is 35.1 Å². The van der Waals surface area contributed by atoms with Gasteiger partial charge >= 0.3 is 0 Å². The molecule has 1 aromatic heterocycles. The minimum absolute atomic E-state index is 0.140. The molecule has 0 spiro atoms. The van der Waals surface area contributed by atoms with Crippen molar-refractivity contribution in [1.29, 1.82) is 0 Å². The van der Waals surface area contributed by atoms with Gasteiger partial charge in [0, 0.05) is 12.5 Å². The van der Waals surface area contributed by atoms with Crippen molar-refractivity contribution in [3.8, 4) is 5.75 Å². The molecule has 0 atom stereocenters. The number of hydrogen-bond acceptors (Lipinski definition) is 4. The summed E-state index contributed by atoms with van der Waals surface area (Å²) < 4.78 is 5.62. The Morgan fingerprint density at radius 2 is 2.20 bits per heavy atom. The molecule has 0 aliphatic carbocycles. The third-order valence-corrected chi connectivity index (χ3v) is 2.79. The molecule has 0 radical (unpaired) electrons. The van der Waals surface area contributed by atoms with Gasteiger partial charge < -0.3 is 15.0 Å². The third-order valence-electron chi connectivity index (χ3n) is 2.79. The zero-order valence-corrected chi connectivity index (χ0v) is 11.8. The number of hydrogen-bond donors (Lipinski definition) is 2. The van der Waals surface area contributed by atoms with Gasteiger partial charge in [-0.15, -0.1) is 0 Å². The molecule has 1 heterocycles. The van der Waals surface area contributed by atoms with E-state index in [0.717, 1.165) is 5.75 Å². The number of H-pyrrole nitrogens is 1. The van der Waals surface area contributed by atoms with Crippen molar-refractivity contribution < 1.29 is 4.74 Å². The Kier molecular flexibility index (Phi) is 4.76. The van der Waals surface area contributed by atoms with Crippen molar-refractivity contribution in [3.05, 3.63) is 52.1 Å². The first-order valence-corrected chi connectivity index (χ1v) is 6.71. The van der Waals surface area contributed by atoms with Crippen LogP contribution in [0.4, 0.5) is 5.82 Å². The molecule has 0 saturated carbocycles. The molecule has 0 bridgehead atoms. The number of anilines is 1. The smallest absolute Gasteiger partial charge is 0.252 e. The Morgan fingerprint density at radius 1 is 1.35 bits per heavy atom. The van der Waals surface area contributed by atoms with E-state index < -0.39 is 0 Å². The molecule has 0 aliphatic rings. The van der Waals surface area contributed by atoms with E-state index in [-0.39, 0.29) is 5.56 Å². The third kappa shape index (κ3) is 4.12. The number of nitrogens with zero attached hydrogens (tertiary/aromatic N) is 1. The molecule has 106 valence electrons. The van der Waals surface area contributed by atoms with E-state index in [9.17, 15) is 4.79 Å². The predicted molar refractivity (Wildman–Crippen MR) is 79.4 cm³/mol. The van der Waals surface area contributed by atoms with Gasteiger partial charge in [-0.3, -0.25) is 4.79 Å². The number of aryl methyl sites for hydroxylation is 2. The van der Waals surface area contributed by atoms with Crippen molar-refractivity contribution in [2.75, 3.05) is 18.5 Å². The molecule has 0 aliphatic heterocycles. The highest BCUT2D eigenvalue weighted by Crippen LogP contribution is 2.11. The number of aromatic nitrogens is 2. The summed E-state index contributed by atoms with van der Waals surface area (Å²) in [6.45, 7) is 5.08. The fourth-order valence-corrected chi connectivity index (χ4v) is 1.82. The van der Waals surface area contributed by atoms with Gasteiger partial charge in [-0.2, -0.15) is 0 Å². The molecule has 0 unspecified atom stereocenters. The number of ether oxygens (including phenoxy) is 1. The second-order valence-electron chi connectivity index (χ2n) is 4.52. The van der Waals surface area contributed by atoms with Crippen LogP contribution < -0.4 is 15.6 Å². The molecule has 2 aromatic rings. The highest BCUT2D eigenvalue weighted by atomic mass is 16.5. The molecule has 1 aromatic carbocycles. The molecule has 5 nitrogen and oxygen atoms in total. The molecular formula is C15H19N3O2. The topological polar surface area (TPSA) is 67.0 Å².